The van der Waals surface area contributed by atoms with Gasteiger partial charge in [-0.2, -0.15) is 0 Å². The molecule has 0 unspecified atom stereocenters. The van der Waals surface area contributed by atoms with E-state index in [1.54, 1.807) is 20.4 Å². The molecule has 0 aromatic carbocycles. The summed E-state index contributed by atoms with van der Waals surface area (Å²) in [5.74, 6) is 1.61. The number of hydrogen-bond donors (Lipinski definition) is 2. The third-order valence-corrected chi connectivity index (χ3v) is 2.61. The highest BCUT2D eigenvalue weighted by atomic mass is 127. The Kier molecular flexibility index (Phi) is 6.17. The Morgan fingerprint density at radius 1 is 1.50 bits per heavy atom. The van der Waals surface area contributed by atoms with Crippen molar-refractivity contribution in [2.75, 3.05) is 14.2 Å². The first-order valence-electron chi connectivity index (χ1n) is 5.78. The summed E-state index contributed by atoms with van der Waals surface area (Å²) in [5, 5.41) is 6.55. The van der Waals surface area contributed by atoms with Gasteiger partial charge in [-0.3, -0.25) is 9.98 Å². The lowest BCUT2D eigenvalue weighted by Gasteiger charge is -2.10. The maximum absolute atomic E-state index is 5.06. The van der Waals surface area contributed by atoms with Crippen molar-refractivity contribution in [3.05, 3.63) is 24.0 Å². The van der Waals surface area contributed by atoms with Crippen molar-refractivity contribution >= 4 is 29.9 Å². The smallest absolute Gasteiger partial charge is 0.191 e. The summed E-state index contributed by atoms with van der Waals surface area (Å²) in [6, 6.07) is 4.45. The van der Waals surface area contributed by atoms with Gasteiger partial charge in [-0.1, -0.05) is 0 Å². The van der Waals surface area contributed by atoms with Gasteiger partial charge in [-0.05, 0) is 25.0 Å². The highest BCUT2D eigenvalue weighted by Crippen LogP contribution is 2.18. The monoisotopic (exact) mass is 362 g/mol. The standard InChI is InChI=1S/C12H18N4O.HI/c1-13-12(16-9-3-4-9)15-7-10-5-6-11(17-2)8-14-10;/h5-6,8-9H,3-4,7H2,1-2H3,(H2,13,15,16);1H. The van der Waals surface area contributed by atoms with Gasteiger partial charge in [-0.25, -0.2) is 0 Å². The van der Waals surface area contributed by atoms with Gasteiger partial charge in [0.15, 0.2) is 5.96 Å². The Morgan fingerprint density at radius 2 is 2.28 bits per heavy atom. The quantitative estimate of drug-likeness (QED) is 0.485. The van der Waals surface area contributed by atoms with Gasteiger partial charge in [-0.15, -0.1) is 24.0 Å². The number of nitrogens with one attached hydrogen (secondary N) is 2. The zero-order valence-corrected chi connectivity index (χ0v) is 13.0. The van der Waals surface area contributed by atoms with Crippen LogP contribution in [0.4, 0.5) is 0 Å². The molecule has 0 spiro atoms. The van der Waals surface area contributed by atoms with E-state index in [4.69, 9.17) is 4.74 Å². The molecule has 2 rings (SSSR count). The number of nitrogens with zero attached hydrogens (tertiary/aromatic N) is 2. The number of ether oxygens (including phenoxy) is 1. The van der Waals surface area contributed by atoms with Gasteiger partial charge in [0.1, 0.15) is 5.75 Å². The average Bonchev–Trinajstić information content (AvgIpc) is 3.19. The minimum atomic E-state index is 0. The Morgan fingerprint density at radius 3 is 2.78 bits per heavy atom. The molecule has 18 heavy (non-hydrogen) atoms. The van der Waals surface area contributed by atoms with Crippen LogP contribution in [-0.4, -0.2) is 31.1 Å². The summed E-state index contributed by atoms with van der Waals surface area (Å²) in [4.78, 5) is 8.44. The number of hydrogen-bond acceptors (Lipinski definition) is 3. The summed E-state index contributed by atoms with van der Waals surface area (Å²) in [5.41, 5.74) is 0.963. The molecule has 1 fully saturated rings. The van der Waals surface area contributed by atoms with E-state index in [9.17, 15) is 0 Å². The number of aliphatic imine (C=N–C) groups is 1. The van der Waals surface area contributed by atoms with Crippen LogP contribution in [0.5, 0.6) is 5.75 Å². The van der Waals surface area contributed by atoms with Gasteiger partial charge in [0.05, 0.1) is 25.5 Å². The van der Waals surface area contributed by atoms with Crippen LogP contribution in [-0.2, 0) is 6.54 Å². The van der Waals surface area contributed by atoms with E-state index in [0.29, 0.717) is 12.6 Å². The lowest BCUT2D eigenvalue weighted by molar-refractivity contribution is 0.412. The lowest BCUT2D eigenvalue weighted by Crippen LogP contribution is -2.38. The Hall–Kier alpha value is -1.05. The van der Waals surface area contributed by atoms with Crippen molar-refractivity contribution in [2.24, 2.45) is 4.99 Å². The zero-order chi connectivity index (χ0) is 12.1. The molecule has 0 amide bonds. The van der Waals surface area contributed by atoms with Gasteiger partial charge >= 0.3 is 0 Å². The molecule has 0 aliphatic heterocycles. The Labute approximate surface area is 124 Å². The van der Waals surface area contributed by atoms with Crippen LogP contribution in [0.1, 0.15) is 18.5 Å². The van der Waals surface area contributed by atoms with Gasteiger partial charge in [0.25, 0.3) is 0 Å². The van der Waals surface area contributed by atoms with Crippen molar-refractivity contribution < 1.29 is 4.74 Å². The van der Waals surface area contributed by atoms with Crippen LogP contribution >= 0.6 is 24.0 Å². The number of aromatic nitrogens is 1. The van der Waals surface area contributed by atoms with Crippen LogP contribution in [0.3, 0.4) is 0 Å². The summed E-state index contributed by atoms with van der Waals surface area (Å²) in [7, 11) is 3.41. The predicted molar refractivity (Wildman–Crippen MR) is 82.6 cm³/mol. The molecule has 100 valence electrons. The SMILES string of the molecule is CN=C(NCc1ccc(OC)cn1)NC1CC1.I. The molecule has 0 saturated heterocycles. The maximum atomic E-state index is 5.06. The fourth-order valence-electron chi connectivity index (χ4n) is 1.43. The minimum Gasteiger partial charge on any atom is -0.495 e. The van der Waals surface area contributed by atoms with Crippen molar-refractivity contribution in [3.8, 4) is 5.75 Å². The van der Waals surface area contributed by atoms with E-state index in [1.807, 2.05) is 12.1 Å². The normalized spacial score (nSPS) is 14.7. The van der Waals surface area contributed by atoms with Crippen LogP contribution in [0.25, 0.3) is 0 Å². The second-order valence-corrected chi connectivity index (χ2v) is 4.03. The highest BCUT2D eigenvalue weighted by Gasteiger charge is 2.21. The fourth-order valence-corrected chi connectivity index (χ4v) is 1.43. The number of rotatable bonds is 4. The van der Waals surface area contributed by atoms with Crippen LogP contribution in [0.15, 0.2) is 23.3 Å². The minimum absolute atomic E-state index is 0. The second-order valence-electron chi connectivity index (χ2n) is 4.03. The van der Waals surface area contributed by atoms with Crippen LogP contribution < -0.4 is 15.4 Å². The topological polar surface area (TPSA) is 58.5 Å². The summed E-state index contributed by atoms with van der Waals surface area (Å²) < 4.78 is 5.06. The number of guanidine groups is 1. The molecule has 1 aromatic heterocycles. The van der Waals surface area contributed by atoms with E-state index in [2.05, 4.69) is 20.6 Å². The molecule has 0 atom stereocenters. The second kappa shape index (κ2) is 7.40. The Bertz CT molecular complexity index is 390. The van der Waals surface area contributed by atoms with E-state index in [1.165, 1.54) is 12.8 Å². The molecule has 0 radical (unpaired) electrons. The summed E-state index contributed by atoms with van der Waals surface area (Å²) in [6.45, 7) is 0.663. The first-order valence-corrected chi connectivity index (χ1v) is 5.78. The van der Waals surface area contributed by atoms with E-state index >= 15 is 0 Å². The largest absolute Gasteiger partial charge is 0.495 e. The summed E-state index contributed by atoms with van der Waals surface area (Å²) in [6.07, 6.45) is 4.19. The number of halogens is 1. The molecule has 5 nitrogen and oxygen atoms in total. The van der Waals surface area contributed by atoms with Crippen LogP contribution in [0.2, 0.25) is 0 Å². The Balaban J connectivity index is 0.00000162. The molecule has 2 N–H and O–H groups in total. The van der Waals surface area contributed by atoms with Crippen molar-refractivity contribution in [1.82, 2.24) is 15.6 Å². The molecule has 1 aliphatic carbocycles. The van der Waals surface area contributed by atoms with E-state index in [0.717, 1.165) is 17.4 Å². The van der Waals surface area contributed by atoms with Crippen molar-refractivity contribution in [2.45, 2.75) is 25.4 Å². The zero-order valence-electron chi connectivity index (χ0n) is 10.6. The predicted octanol–water partition coefficient (Wildman–Crippen LogP) is 1.54. The molecule has 1 aliphatic rings. The lowest BCUT2D eigenvalue weighted by atomic mass is 10.3. The average molecular weight is 362 g/mol. The third kappa shape index (κ3) is 4.67. The van der Waals surface area contributed by atoms with Crippen molar-refractivity contribution in [3.63, 3.8) is 0 Å². The molecule has 6 heteroatoms. The van der Waals surface area contributed by atoms with Gasteiger partial charge in [0.2, 0.25) is 0 Å². The van der Waals surface area contributed by atoms with Gasteiger partial charge in [0, 0.05) is 13.1 Å². The van der Waals surface area contributed by atoms with E-state index in [-0.39, 0.29) is 24.0 Å². The van der Waals surface area contributed by atoms with Crippen LogP contribution in [0, 0.1) is 0 Å². The van der Waals surface area contributed by atoms with Crippen molar-refractivity contribution in [1.29, 1.82) is 0 Å². The van der Waals surface area contributed by atoms with E-state index < -0.39 is 0 Å². The molecule has 0 bridgehead atoms. The molecule has 1 heterocycles. The van der Waals surface area contributed by atoms with Gasteiger partial charge < -0.3 is 15.4 Å². The number of methoxy groups -OCH3 is 1. The maximum Gasteiger partial charge on any atom is 0.191 e. The highest BCUT2D eigenvalue weighted by molar-refractivity contribution is 14.0. The molecular weight excluding hydrogens is 343 g/mol. The molecular formula is C12H19IN4O. The number of pyridine rings is 1. The molecule has 1 saturated carbocycles. The summed E-state index contributed by atoms with van der Waals surface area (Å²) >= 11 is 0. The first kappa shape index (κ1) is 15.0. The first-order chi connectivity index (χ1) is 8.31. The third-order valence-electron chi connectivity index (χ3n) is 2.61. The fraction of sp³-hybridized carbons (Fsp3) is 0.500. The molecule has 1 aromatic rings.